The molecule has 13 heavy (non-hydrogen) atoms. The maximum Gasteiger partial charge on any atom is 0.384 e. The minimum atomic E-state index is -0.539. The van der Waals surface area contributed by atoms with E-state index in [-0.39, 0.29) is 0 Å². The van der Waals surface area contributed by atoms with Gasteiger partial charge in [0, 0.05) is 12.3 Å². The van der Waals surface area contributed by atoms with Crippen molar-refractivity contribution in [2.45, 2.75) is 13.3 Å². The van der Waals surface area contributed by atoms with Crippen LogP contribution in [0.1, 0.15) is 18.2 Å². The van der Waals surface area contributed by atoms with Crippen LogP contribution in [0.15, 0.2) is 16.7 Å². The van der Waals surface area contributed by atoms with Gasteiger partial charge in [0.15, 0.2) is 0 Å². The molecule has 0 bridgehead atoms. The summed E-state index contributed by atoms with van der Waals surface area (Å²) in [6.45, 7) is 1.96. The van der Waals surface area contributed by atoms with E-state index in [4.69, 9.17) is 4.42 Å². The van der Waals surface area contributed by atoms with Gasteiger partial charge >= 0.3 is 5.97 Å². The summed E-state index contributed by atoms with van der Waals surface area (Å²) < 4.78 is 9.50. The molecule has 0 fully saturated rings. The average molecular weight is 178 g/mol. The van der Waals surface area contributed by atoms with E-state index in [0.717, 1.165) is 17.7 Å². The van der Waals surface area contributed by atoms with E-state index < -0.39 is 5.97 Å². The van der Waals surface area contributed by atoms with E-state index in [2.05, 4.69) is 16.6 Å². The van der Waals surface area contributed by atoms with Crippen molar-refractivity contribution < 1.29 is 13.9 Å². The van der Waals surface area contributed by atoms with Gasteiger partial charge in [-0.3, -0.25) is 0 Å². The topological polar surface area (TPSA) is 39.4 Å². The van der Waals surface area contributed by atoms with Crippen molar-refractivity contribution in [1.82, 2.24) is 0 Å². The zero-order valence-corrected chi connectivity index (χ0v) is 7.59. The summed E-state index contributed by atoms with van der Waals surface area (Å²) in [7, 11) is 1.30. The van der Waals surface area contributed by atoms with Crippen molar-refractivity contribution in [2.75, 3.05) is 7.11 Å². The quantitative estimate of drug-likeness (QED) is 0.481. The maximum atomic E-state index is 10.7. The molecular formula is C10H10O3. The van der Waals surface area contributed by atoms with Crippen molar-refractivity contribution in [3.63, 3.8) is 0 Å². The van der Waals surface area contributed by atoms with Crippen molar-refractivity contribution >= 4 is 5.97 Å². The molecule has 0 aromatic carbocycles. The van der Waals surface area contributed by atoms with Gasteiger partial charge < -0.3 is 9.15 Å². The summed E-state index contributed by atoms with van der Waals surface area (Å²) in [4.78, 5) is 10.7. The Balaban J connectivity index is 2.82. The summed E-state index contributed by atoms with van der Waals surface area (Å²) >= 11 is 0. The number of hydrogen-bond donors (Lipinski definition) is 0. The second-order valence-corrected chi connectivity index (χ2v) is 2.35. The van der Waals surface area contributed by atoms with Gasteiger partial charge in [-0.05, 0) is 6.07 Å². The summed E-state index contributed by atoms with van der Waals surface area (Å²) in [5.41, 5.74) is 0.743. The molecule has 0 unspecified atom stereocenters. The molecule has 0 radical (unpaired) electrons. The largest absolute Gasteiger partial charge is 0.468 e. The van der Waals surface area contributed by atoms with Crippen LogP contribution in [0.4, 0.5) is 0 Å². The highest BCUT2D eigenvalue weighted by Crippen LogP contribution is 2.08. The Bertz CT molecular complexity index is 352. The Hall–Kier alpha value is -1.69. The summed E-state index contributed by atoms with van der Waals surface area (Å²) in [5, 5.41) is 0. The van der Waals surface area contributed by atoms with Gasteiger partial charge in [0.1, 0.15) is 5.76 Å². The normalized spacial score (nSPS) is 8.77. The summed E-state index contributed by atoms with van der Waals surface area (Å²) in [6, 6.07) is 1.73. The van der Waals surface area contributed by atoms with Crippen LogP contribution in [-0.2, 0) is 16.0 Å². The van der Waals surface area contributed by atoms with Crippen LogP contribution in [0.25, 0.3) is 0 Å². The fraction of sp³-hybridized carbons (Fsp3) is 0.300. The van der Waals surface area contributed by atoms with Crippen molar-refractivity contribution in [2.24, 2.45) is 0 Å². The summed E-state index contributed by atoms with van der Waals surface area (Å²) in [5.74, 6) is 5.26. The molecule has 0 aliphatic heterocycles. The van der Waals surface area contributed by atoms with Gasteiger partial charge in [-0.2, -0.15) is 0 Å². The van der Waals surface area contributed by atoms with Crippen LogP contribution < -0.4 is 0 Å². The molecule has 0 amide bonds. The fourth-order valence-corrected chi connectivity index (χ4v) is 0.895. The molecule has 1 rings (SSSR count). The molecule has 0 aliphatic rings. The Morgan fingerprint density at radius 3 is 3.08 bits per heavy atom. The highest BCUT2D eigenvalue weighted by atomic mass is 16.5. The molecule has 1 aromatic rings. The van der Waals surface area contributed by atoms with Crippen molar-refractivity contribution in [3.05, 3.63) is 23.7 Å². The van der Waals surface area contributed by atoms with Crippen LogP contribution in [-0.4, -0.2) is 13.1 Å². The minimum absolute atomic E-state index is 0.539. The first kappa shape index (κ1) is 9.40. The number of aryl methyl sites for hydroxylation is 1. The number of rotatable bonds is 1. The van der Waals surface area contributed by atoms with E-state index in [0.29, 0.717) is 0 Å². The number of hydrogen-bond acceptors (Lipinski definition) is 3. The molecule has 1 heterocycles. The number of methoxy groups -OCH3 is 1. The van der Waals surface area contributed by atoms with Gasteiger partial charge in [-0.15, -0.1) is 0 Å². The van der Waals surface area contributed by atoms with E-state index in [1.807, 2.05) is 6.92 Å². The highest BCUT2D eigenvalue weighted by Gasteiger charge is 2.00. The van der Waals surface area contributed by atoms with Crippen LogP contribution in [0.2, 0.25) is 0 Å². The number of furan rings is 1. The van der Waals surface area contributed by atoms with Crippen LogP contribution in [0.5, 0.6) is 0 Å². The smallest absolute Gasteiger partial charge is 0.384 e. The van der Waals surface area contributed by atoms with Gasteiger partial charge in [0.2, 0.25) is 0 Å². The molecule has 3 heteroatoms. The molecular weight excluding hydrogens is 168 g/mol. The van der Waals surface area contributed by atoms with Crippen molar-refractivity contribution in [1.29, 1.82) is 0 Å². The first-order valence-electron chi connectivity index (χ1n) is 3.94. The zero-order valence-electron chi connectivity index (χ0n) is 7.59. The lowest BCUT2D eigenvalue weighted by atomic mass is 10.2. The average Bonchev–Trinajstić information content (AvgIpc) is 2.61. The molecule has 0 spiro atoms. The van der Waals surface area contributed by atoms with Crippen LogP contribution in [0.3, 0.4) is 0 Å². The molecule has 0 saturated carbocycles. The van der Waals surface area contributed by atoms with Crippen LogP contribution in [0, 0.1) is 11.8 Å². The predicted molar refractivity (Wildman–Crippen MR) is 47.0 cm³/mol. The fourth-order valence-electron chi connectivity index (χ4n) is 0.895. The third kappa shape index (κ3) is 2.38. The number of carbonyl (C=O) groups is 1. The molecule has 0 atom stereocenters. The Morgan fingerprint density at radius 2 is 2.46 bits per heavy atom. The molecule has 68 valence electrons. The van der Waals surface area contributed by atoms with E-state index in [1.165, 1.54) is 7.11 Å². The third-order valence-electron chi connectivity index (χ3n) is 1.55. The highest BCUT2D eigenvalue weighted by molar-refractivity contribution is 5.89. The van der Waals surface area contributed by atoms with Gasteiger partial charge in [0.05, 0.1) is 18.9 Å². The van der Waals surface area contributed by atoms with E-state index in [9.17, 15) is 4.79 Å². The minimum Gasteiger partial charge on any atom is -0.468 e. The SMILES string of the molecule is CCc1occc1C#CC(=O)OC. The first-order valence-corrected chi connectivity index (χ1v) is 3.94. The van der Waals surface area contributed by atoms with E-state index >= 15 is 0 Å². The standard InChI is InChI=1S/C10H10O3/c1-3-9-8(6-7-13-9)4-5-10(11)12-2/h6-7H,3H2,1-2H3. The Morgan fingerprint density at radius 1 is 1.69 bits per heavy atom. The molecule has 3 nitrogen and oxygen atoms in total. The van der Waals surface area contributed by atoms with Gasteiger partial charge in [-0.25, -0.2) is 4.79 Å². The predicted octanol–water partition coefficient (Wildman–Crippen LogP) is 1.37. The van der Waals surface area contributed by atoms with Gasteiger partial charge in [-0.1, -0.05) is 12.8 Å². The number of carbonyl (C=O) groups excluding carboxylic acids is 1. The lowest BCUT2D eigenvalue weighted by Gasteiger charge is -1.88. The van der Waals surface area contributed by atoms with Crippen molar-refractivity contribution in [3.8, 4) is 11.8 Å². The second kappa shape index (κ2) is 4.36. The molecule has 0 saturated heterocycles. The monoisotopic (exact) mass is 178 g/mol. The van der Waals surface area contributed by atoms with Crippen LogP contribution >= 0.6 is 0 Å². The second-order valence-electron chi connectivity index (χ2n) is 2.35. The maximum absolute atomic E-state index is 10.7. The Labute approximate surface area is 76.7 Å². The number of esters is 1. The molecule has 0 N–H and O–H groups in total. The first-order chi connectivity index (χ1) is 6.27. The third-order valence-corrected chi connectivity index (χ3v) is 1.55. The lowest BCUT2D eigenvalue weighted by molar-refractivity contribution is -0.133. The summed E-state index contributed by atoms with van der Waals surface area (Å²) in [6.07, 6.45) is 2.32. The molecule has 0 aliphatic carbocycles. The Kier molecular flexibility index (Phi) is 3.15. The zero-order chi connectivity index (χ0) is 9.68. The van der Waals surface area contributed by atoms with Gasteiger partial charge in [0.25, 0.3) is 0 Å². The molecule has 1 aromatic heterocycles. The number of ether oxygens (including phenoxy) is 1. The van der Waals surface area contributed by atoms with E-state index in [1.54, 1.807) is 12.3 Å². The lowest BCUT2D eigenvalue weighted by Crippen LogP contribution is -1.94.